The van der Waals surface area contributed by atoms with Crippen molar-refractivity contribution >= 4 is 27.7 Å². The fraction of sp³-hybridized carbons (Fsp3) is 0.0625. The van der Waals surface area contributed by atoms with Crippen LogP contribution in [0.5, 0.6) is 0 Å². The van der Waals surface area contributed by atoms with Gasteiger partial charge in [0.05, 0.1) is 0 Å². The van der Waals surface area contributed by atoms with Crippen LogP contribution in [0.2, 0.25) is 0 Å². The number of H-pyrrole nitrogens is 1. The Morgan fingerprint density at radius 3 is 2.50 bits per heavy atom. The number of carbonyl (C=O) groups excluding carboxylic acids is 2. The normalized spacial score (nSPS) is 10.4. The van der Waals surface area contributed by atoms with Crippen LogP contribution in [0, 0.1) is 6.92 Å². The highest BCUT2D eigenvalue weighted by atomic mass is 79.9. The minimum absolute atomic E-state index is 0.00135. The summed E-state index contributed by atoms with van der Waals surface area (Å²) in [6.07, 6.45) is 1.61. The molecule has 0 aliphatic heterocycles. The molecule has 0 aliphatic rings. The zero-order chi connectivity index (χ0) is 17.1. The van der Waals surface area contributed by atoms with Crippen LogP contribution in [0.4, 0.5) is 0 Å². The van der Waals surface area contributed by atoms with Crippen LogP contribution >= 0.6 is 15.9 Å². The molecule has 0 radical (unpaired) electrons. The van der Waals surface area contributed by atoms with Gasteiger partial charge in [0.1, 0.15) is 11.4 Å². The number of carbonyl (C=O) groups is 2. The monoisotopic (exact) mass is 388 g/mol. The van der Waals surface area contributed by atoms with E-state index < -0.39 is 11.8 Å². The van der Waals surface area contributed by atoms with Gasteiger partial charge < -0.3 is 9.51 Å². The number of hydrogen-bond acceptors (Lipinski definition) is 4. The number of aryl methyl sites for hydroxylation is 1. The quantitative estimate of drug-likeness (QED) is 0.600. The number of hydrogen-bond donors (Lipinski definition) is 3. The van der Waals surface area contributed by atoms with Crippen LogP contribution in [0.1, 0.15) is 26.6 Å². The second-order valence-corrected chi connectivity index (χ2v) is 6.00. The van der Waals surface area contributed by atoms with E-state index in [-0.39, 0.29) is 5.76 Å². The number of hydrazine groups is 1. The standard InChI is InChI=1S/C16H13BrN4O3/c1-9-2-4-10(5-3-9)12-7-14(24-21-12)16(23)20-19-15(22)13-6-11(17)8-18-13/h2-8,18H,1H3,(H,19,22)(H,20,23). The number of nitrogens with zero attached hydrogens (tertiary/aromatic N) is 1. The summed E-state index contributed by atoms with van der Waals surface area (Å²) in [7, 11) is 0. The average Bonchev–Trinajstić information content (AvgIpc) is 3.22. The summed E-state index contributed by atoms with van der Waals surface area (Å²) < 4.78 is 5.76. The van der Waals surface area contributed by atoms with Crippen LogP contribution < -0.4 is 10.9 Å². The largest absolute Gasteiger partial charge is 0.356 e. The van der Waals surface area contributed by atoms with Crippen molar-refractivity contribution in [3.8, 4) is 11.3 Å². The summed E-state index contributed by atoms with van der Waals surface area (Å²) in [5.41, 5.74) is 7.37. The van der Waals surface area contributed by atoms with Gasteiger partial charge in [-0.05, 0) is 28.9 Å². The van der Waals surface area contributed by atoms with Gasteiger partial charge in [-0.1, -0.05) is 35.0 Å². The predicted molar refractivity (Wildman–Crippen MR) is 90.1 cm³/mol. The molecule has 8 heteroatoms. The number of amides is 2. The first-order valence-electron chi connectivity index (χ1n) is 7.01. The molecule has 3 aromatic rings. The Morgan fingerprint density at radius 2 is 1.83 bits per heavy atom. The molecule has 7 nitrogen and oxygen atoms in total. The summed E-state index contributed by atoms with van der Waals surface area (Å²) in [4.78, 5) is 26.6. The summed E-state index contributed by atoms with van der Waals surface area (Å²) >= 11 is 3.22. The number of halogens is 1. The van der Waals surface area contributed by atoms with Gasteiger partial charge in [0.25, 0.3) is 5.91 Å². The van der Waals surface area contributed by atoms with Gasteiger partial charge in [-0.3, -0.25) is 20.4 Å². The molecule has 2 aromatic heterocycles. The van der Waals surface area contributed by atoms with Crippen molar-refractivity contribution in [3.63, 3.8) is 0 Å². The Bertz CT molecular complexity index is 883. The highest BCUT2D eigenvalue weighted by Crippen LogP contribution is 2.19. The van der Waals surface area contributed by atoms with E-state index in [1.807, 2.05) is 31.2 Å². The lowest BCUT2D eigenvalue weighted by molar-refractivity contribution is 0.0823. The Kier molecular flexibility index (Phi) is 4.48. The topological polar surface area (TPSA) is 100 Å². The van der Waals surface area contributed by atoms with E-state index in [1.54, 1.807) is 12.3 Å². The summed E-state index contributed by atoms with van der Waals surface area (Å²) in [6.45, 7) is 1.98. The maximum atomic E-state index is 12.0. The summed E-state index contributed by atoms with van der Waals surface area (Å²) in [5.74, 6) is -1.08. The molecule has 2 heterocycles. The van der Waals surface area contributed by atoms with Crippen molar-refractivity contribution in [3.05, 3.63) is 64.1 Å². The van der Waals surface area contributed by atoms with Gasteiger partial charge in [-0.2, -0.15) is 0 Å². The van der Waals surface area contributed by atoms with Crippen molar-refractivity contribution in [2.45, 2.75) is 6.92 Å². The van der Waals surface area contributed by atoms with Crippen molar-refractivity contribution in [2.24, 2.45) is 0 Å². The Morgan fingerprint density at radius 1 is 1.12 bits per heavy atom. The predicted octanol–water partition coefficient (Wildman–Crippen LogP) is 2.82. The fourth-order valence-corrected chi connectivity index (χ4v) is 2.33. The van der Waals surface area contributed by atoms with Crippen LogP contribution in [0.25, 0.3) is 11.3 Å². The number of nitrogens with one attached hydrogen (secondary N) is 3. The van der Waals surface area contributed by atoms with Gasteiger partial charge in [-0.25, -0.2) is 0 Å². The molecule has 0 unspecified atom stereocenters. The van der Waals surface area contributed by atoms with Gasteiger partial charge in [-0.15, -0.1) is 0 Å². The molecule has 0 aliphatic carbocycles. The fourth-order valence-electron chi connectivity index (χ4n) is 1.98. The van der Waals surface area contributed by atoms with Crippen molar-refractivity contribution in [2.75, 3.05) is 0 Å². The second kappa shape index (κ2) is 6.71. The molecule has 0 spiro atoms. The number of aromatic nitrogens is 2. The van der Waals surface area contributed by atoms with E-state index in [4.69, 9.17) is 4.52 Å². The Hall–Kier alpha value is -2.87. The minimum Gasteiger partial charge on any atom is -0.356 e. The lowest BCUT2D eigenvalue weighted by Crippen LogP contribution is -2.41. The lowest BCUT2D eigenvalue weighted by atomic mass is 10.1. The van der Waals surface area contributed by atoms with Gasteiger partial charge in [0.15, 0.2) is 0 Å². The molecule has 0 atom stereocenters. The molecule has 0 saturated carbocycles. The third kappa shape index (κ3) is 3.54. The summed E-state index contributed by atoms with van der Waals surface area (Å²) in [6, 6.07) is 10.8. The molecule has 0 saturated heterocycles. The Balaban J connectivity index is 1.63. The van der Waals surface area contributed by atoms with Gasteiger partial charge in [0.2, 0.25) is 5.76 Å². The van der Waals surface area contributed by atoms with Crippen LogP contribution in [-0.2, 0) is 0 Å². The number of aromatic amines is 1. The average molecular weight is 389 g/mol. The van der Waals surface area contributed by atoms with E-state index in [0.717, 1.165) is 15.6 Å². The van der Waals surface area contributed by atoms with Crippen molar-refractivity contribution < 1.29 is 14.1 Å². The lowest BCUT2D eigenvalue weighted by Gasteiger charge is -2.03. The SMILES string of the molecule is Cc1ccc(-c2cc(C(=O)NNC(=O)c3cc(Br)c[nH]3)on2)cc1. The number of rotatable bonds is 3. The molecule has 1 aromatic carbocycles. The zero-order valence-corrected chi connectivity index (χ0v) is 14.2. The highest BCUT2D eigenvalue weighted by Gasteiger charge is 2.15. The van der Waals surface area contributed by atoms with Crippen LogP contribution in [0.15, 0.2) is 51.6 Å². The molecule has 0 bridgehead atoms. The molecule has 24 heavy (non-hydrogen) atoms. The van der Waals surface area contributed by atoms with Gasteiger partial charge >= 0.3 is 5.91 Å². The van der Waals surface area contributed by atoms with E-state index in [1.165, 1.54) is 6.07 Å². The summed E-state index contributed by atoms with van der Waals surface area (Å²) in [5, 5.41) is 3.86. The van der Waals surface area contributed by atoms with Crippen molar-refractivity contribution in [1.82, 2.24) is 21.0 Å². The Labute approximate surface area is 145 Å². The first kappa shape index (κ1) is 16.0. The number of benzene rings is 1. The highest BCUT2D eigenvalue weighted by molar-refractivity contribution is 9.10. The van der Waals surface area contributed by atoms with E-state index >= 15 is 0 Å². The maximum Gasteiger partial charge on any atom is 0.308 e. The van der Waals surface area contributed by atoms with E-state index in [9.17, 15) is 9.59 Å². The molecule has 0 fully saturated rings. The van der Waals surface area contributed by atoms with Crippen LogP contribution in [0.3, 0.4) is 0 Å². The smallest absolute Gasteiger partial charge is 0.308 e. The minimum atomic E-state index is -0.597. The third-order valence-corrected chi connectivity index (χ3v) is 3.72. The molecule has 2 amide bonds. The van der Waals surface area contributed by atoms with Gasteiger partial charge in [0, 0.05) is 22.3 Å². The molecular weight excluding hydrogens is 376 g/mol. The molecule has 3 N–H and O–H groups in total. The second-order valence-electron chi connectivity index (χ2n) is 5.08. The third-order valence-electron chi connectivity index (χ3n) is 3.26. The van der Waals surface area contributed by atoms with E-state index in [0.29, 0.717) is 11.4 Å². The van der Waals surface area contributed by atoms with Crippen molar-refractivity contribution in [1.29, 1.82) is 0 Å². The first-order chi connectivity index (χ1) is 11.5. The molecule has 122 valence electrons. The maximum absolute atomic E-state index is 12.0. The molecular formula is C16H13BrN4O3. The molecule has 3 rings (SSSR count). The van der Waals surface area contributed by atoms with Crippen LogP contribution in [-0.4, -0.2) is 22.0 Å². The zero-order valence-electron chi connectivity index (χ0n) is 12.6. The first-order valence-corrected chi connectivity index (χ1v) is 7.80. The van der Waals surface area contributed by atoms with E-state index in [2.05, 4.69) is 36.9 Å².